The van der Waals surface area contributed by atoms with Gasteiger partial charge in [0, 0.05) is 6.07 Å². The number of rotatable bonds is 4. The number of halogens is 9. The predicted molar refractivity (Wildman–Crippen MR) is 71.0 cm³/mol. The quantitative estimate of drug-likeness (QED) is 0.302. The number of anilines is 1. The largest absolute Gasteiger partial charge is 0.595 e. The standard InChI is InChI=1S/C11H9F9N4O5/c12-9(13,14)8(10(15,16)17,11(18,19)20)22-7(25)21-5-2-1-4(23(26)27)3-6(5)24(28)29/h1-3,23-24,26,28H,(H2,21,22,25). The Kier molecular flexibility index (Phi) is 6.63. The van der Waals surface area contributed by atoms with E-state index < -0.39 is 57.6 Å². The van der Waals surface area contributed by atoms with Gasteiger partial charge in [0.2, 0.25) is 0 Å². The molecule has 166 valence electrons. The lowest BCUT2D eigenvalue weighted by Crippen LogP contribution is -3.00. The van der Waals surface area contributed by atoms with Crippen LogP contribution in [0.3, 0.4) is 0 Å². The Morgan fingerprint density at radius 1 is 0.862 bits per heavy atom. The normalized spacial score (nSPS) is 15.6. The molecule has 0 bridgehead atoms. The number of benzene rings is 1. The van der Waals surface area contributed by atoms with Gasteiger partial charge in [0.05, 0.1) is 6.07 Å². The van der Waals surface area contributed by atoms with Crippen LogP contribution in [-0.4, -0.2) is 40.5 Å². The molecular formula is C11H9F9N4O5. The highest BCUT2D eigenvalue weighted by Crippen LogP contribution is 2.52. The fourth-order valence-corrected chi connectivity index (χ4v) is 1.98. The molecule has 0 fully saturated rings. The third kappa shape index (κ3) is 4.79. The summed E-state index contributed by atoms with van der Waals surface area (Å²) in [5, 5.41) is 36.6. The first-order valence-corrected chi connectivity index (χ1v) is 6.75. The Morgan fingerprint density at radius 3 is 1.66 bits per heavy atom. The van der Waals surface area contributed by atoms with Gasteiger partial charge in [0.15, 0.2) is 11.4 Å². The maximum Gasteiger partial charge on any atom is 0.429 e. The van der Waals surface area contributed by atoms with Gasteiger partial charge in [-0.15, -0.1) is 0 Å². The highest BCUT2D eigenvalue weighted by atomic mass is 19.4. The van der Waals surface area contributed by atoms with Crippen LogP contribution in [0.1, 0.15) is 0 Å². The maximum absolute atomic E-state index is 12.8. The molecule has 0 saturated heterocycles. The Morgan fingerprint density at radius 2 is 1.31 bits per heavy atom. The average molecular weight is 448 g/mol. The van der Waals surface area contributed by atoms with E-state index in [4.69, 9.17) is 10.4 Å². The van der Waals surface area contributed by atoms with Gasteiger partial charge in [-0.2, -0.15) is 50.0 Å². The highest BCUT2D eigenvalue weighted by Gasteiger charge is 2.84. The van der Waals surface area contributed by atoms with E-state index in [1.54, 1.807) is 0 Å². The van der Waals surface area contributed by atoms with Crippen LogP contribution in [0.15, 0.2) is 18.2 Å². The van der Waals surface area contributed by atoms with Crippen LogP contribution >= 0.6 is 0 Å². The second-order valence-corrected chi connectivity index (χ2v) is 5.19. The van der Waals surface area contributed by atoms with E-state index in [1.807, 2.05) is 0 Å². The molecule has 6 N–H and O–H groups in total. The first-order valence-electron chi connectivity index (χ1n) is 6.75. The van der Waals surface area contributed by atoms with Gasteiger partial charge in [-0.05, 0) is 6.07 Å². The van der Waals surface area contributed by atoms with Gasteiger partial charge in [-0.25, -0.2) is 15.2 Å². The van der Waals surface area contributed by atoms with Crippen molar-refractivity contribution in [2.75, 3.05) is 5.32 Å². The van der Waals surface area contributed by atoms with E-state index >= 15 is 0 Å². The van der Waals surface area contributed by atoms with Gasteiger partial charge in [-0.3, -0.25) is 0 Å². The van der Waals surface area contributed by atoms with E-state index in [0.717, 1.165) is 5.32 Å². The third-order valence-corrected chi connectivity index (χ3v) is 3.32. The monoisotopic (exact) mass is 448 g/mol. The maximum atomic E-state index is 12.8. The molecule has 0 heterocycles. The molecule has 0 radical (unpaired) electrons. The van der Waals surface area contributed by atoms with E-state index in [2.05, 4.69) is 0 Å². The molecule has 18 heteroatoms. The van der Waals surface area contributed by atoms with Crippen molar-refractivity contribution in [3.63, 3.8) is 0 Å². The summed E-state index contributed by atoms with van der Waals surface area (Å²) in [6.45, 7) is 0. The van der Waals surface area contributed by atoms with Crippen LogP contribution < -0.4 is 21.1 Å². The molecule has 9 nitrogen and oxygen atoms in total. The fourth-order valence-electron chi connectivity index (χ4n) is 1.98. The van der Waals surface area contributed by atoms with Crippen LogP contribution in [0, 0.1) is 10.4 Å². The van der Waals surface area contributed by atoms with Gasteiger partial charge in [-0.1, -0.05) is 0 Å². The first kappa shape index (κ1) is 24.7. The van der Waals surface area contributed by atoms with E-state index in [1.165, 1.54) is 0 Å². The Labute approximate surface area is 153 Å². The number of carbonyl (C=O) groups excluding carboxylic acids is 1. The first-order chi connectivity index (χ1) is 12.8. The average Bonchev–Trinajstić information content (AvgIpc) is 2.48. The van der Waals surface area contributed by atoms with Crippen molar-refractivity contribution in [1.82, 2.24) is 5.32 Å². The van der Waals surface area contributed by atoms with Crippen molar-refractivity contribution >= 4 is 23.1 Å². The molecule has 1 rings (SSSR count). The van der Waals surface area contributed by atoms with Gasteiger partial charge in [0.1, 0.15) is 5.69 Å². The molecule has 0 aliphatic rings. The van der Waals surface area contributed by atoms with Gasteiger partial charge in [0.25, 0.3) is 0 Å². The van der Waals surface area contributed by atoms with Crippen LogP contribution in [0.4, 0.5) is 61.4 Å². The topological polar surface area (TPSA) is 137 Å². The number of hydrogen-bond donors (Lipinski definition) is 6. The summed E-state index contributed by atoms with van der Waals surface area (Å²) in [4.78, 5) is 11.5. The summed E-state index contributed by atoms with van der Waals surface area (Å²) in [5.74, 6) is 0. The summed E-state index contributed by atoms with van der Waals surface area (Å²) in [6.07, 6.45) is -21.2. The zero-order valence-electron chi connectivity index (χ0n) is 13.3. The molecule has 1 aromatic carbocycles. The van der Waals surface area contributed by atoms with Crippen LogP contribution in [0.2, 0.25) is 0 Å². The second-order valence-electron chi connectivity index (χ2n) is 5.19. The molecule has 0 aromatic heterocycles. The molecule has 1 aromatic rings. The predicted octanol–water partition coefficient (Wildman–Crippen LogP) is 1.04. The van der Waals surface area contributed by atoms with E-state index in [0.29, 0.717) is 18.2 Å². The van der Waals surface area contributed by atoms with Crippen molar-refractivity contribution in [2.24, 2.45) is 0 Å². The molecule has 0 saturated carbocycles. The number of alkyl halides is 9. The number of nitrogens with one attached hydrogen (secondary N) is 4. The molecule has 0 aliphatic heterocycles. The van der Waals surface area contributed by atoms with E-state index in [-0.39, 0.29) is 5.32 Å². The molecule has 29 heavy (non-hydrogen) atoms. The molecule has 2 unspecified atom stereocenters. The summed E-state index contributed by atoms with van der Waals surface area (Å²) in [6, 6.07) is -1.30. The van der Waals surface area contributed by atoms with Crippen LogP contribution in [-0.2, 0) is 0 Å². The number of urea groups is 1. The van der Waals surface area contributed by atoms with Crippen molar-refractivity contribution in [1.29, 1.82) is 0 Å². The molecule has 0 spiro atoms. The minimum Gasteiger partial charge on any atom is -0.595 e. The van der Waals surface area contributed by atoms with Crippen molar-refractivity contribution in [3.05, 3.63) is 28.6 Å². The molecule has 2 atom stereocenters. The van der Waals surface area contributed by atoms with Gasteiger partial charge < -0.3 is 21.0 Å². The zero-order valence-corrected chi connectivity index (χ0v) is 13.3. The summed E-state index contributed by atoms with van der Waals surface area (Å²) in [7, 11) is 0. The Balaban J connectivity index is 3.38. The molecule has 0 aliphatic carbocycles. The van der Waals surface area contributed by atoms with Crippen molar-refractivity contribution in [2.45, 2.75) is 24.1 Å². The van der Waals surface area contributed by atoms with Crippen LogP contribution in [0.25, 0.3) is 0 Å². The summed E-state index contributed by atoms with van der Waals surface area (Å²) in [5.41, 5.74) is -9.57. The van der Waals surface area contributed by atoms with Crippen molar-refractivity contribution in [3.8, 4) is 0 Å². The lowest BCUT2D eigenvalue weighted by atomic mass is 9.97. The Hall–Kier alpha value is -2.38. The summed E-state index contributed by atoms with van der Waals surface area (Å²) < 4.78 is 115. The third-order valence-electron chi connectivity index (χ3n) is 3.32. The van der Waals surface area contributed by atoms with Crippen molar-refractivity contribution < 1.29 is 65.2 Å². The number of quaternary nitrogens is 2. The molecular weight excluding hydrogens is 439 g/mol. The van der Waals surface area contributed by atoms with Crippen LogP contribution in [0.5, 0.6) is 0 Å². The minimum atomic E-state index is -7.08. The lowest BCUT2D eigenvalue weighted by Gasteiger charge is -2.38. The minimum absolute atomic E-state index is 0.232. The highest BCUT2D eigenvalue weighted by molar-refractivity contribution is 5.92. The fraction of sp³-hybridized carbons (Fsp3) is 0.364. The Bertz CT molecular complexity index is 712. The zero-order chi connectivity index (χ0) is 23.0. The van der Waals surface area contributed by atoms with Gasteiger partial charge >= 0.3 is 30.1 Å². The second kappa shape index (κ2) is 7.80. The SMILES string of the molecule is O=C(Nc1ccc([NH+]([O-])O)cc1[NH+]([O-])O)NC(C(F)(F)F)(C(F)(F)F)C(F)(F)F. The smallest absolute Gasteiger partial charge is 0.429 e. The van der Waals surface area contributed by atoms with E-state index in [9.17, 15) is 54.7 Å². The molecule has 2 amide bonds. The lowest BCUT2D eigenvalue weighted by molar-refractivity contribution is -0.996. The number of carbonyl (C=O) groups is 1. The summed E-state index contributed by atoms with van der Waals surface area (Å²) >= 11 is 0. The number of amides is 2. The number of hydrogen-bond acceptors (Lipinski definition) is 5.